The fourth-order valence-corrected chi connectivity index (χ4v) is 4.11. The first kappa shape index (κ1) is 18.8. The maximum atomic E-state index is 11.3. The molecule has 1 saturated heterocycles. The monoisotopic (exact) mass is 381 g/mol. The maximum Gasteiger partial charge on any atom is 0.246 e. The minimum atomic E-state index is -0.153. The number of morpholine rings is 1. The van der Waals surface area contributed by atoms with E-state index in [4.69, 9.17) is 14.2 Å². The highest BCUT2D eigenvalue weighted by Crippen LogP contribution is 2.37. The Hall–Kier alpha value is -2.53. The van der Waals surface area contributed by atoms with Gasteiger partial charge in [0.1, 0.15) is 12.7 Å². The Morgan fingerprint density at radius 2 is 1.75 bits per heavy atom. The molecule has 2 aromatic carbocycles. The van der Waals surface area contributed by atoms with Gasteiger partial charge in [-0.15, -0.1) is 0 Å². The van der Waals surface area contributed by atoms with Gasteiger partial charge in [0.25, 0.3) is 0 Å². The fraction of sp³-hybridized carbons (Fsp3) is 0.435. The lowest BCUT2D eigenvalue weighted by atomic mass is 9.83. The number of ether oxygens (including phenoxy) is 3. The Kier molecular flexibility index (Phi) is 5.81. The van der Waals surface area contributed by atoms with Crippen LogP contribution in [0.4, 0.5) is 0 Å². The maximum absolute atomic E-state index is 11.3. The normalized spacial score (nSPS) is 25.0. The van der Waals surface area contributed by atoms with Crippen LogP contribution in [0.1, 0.15) is 48.8 Å². The van der Waals surface area contributed by atoms with Crippen molar-refractivity contribution in [1.29, 1.82) is 0 Å². The van der Waals surface area contributed by atoms with Crippen molar-refractivity contribution in [2.75, 3.05) is 20.3 Å². The lowest BCUT2D eigenvalue weighted by Crippen LogP contribution is -2.38. The average Bonchev–Trinajstić information content (AvgIpc) is 2.75. The molecule has 4 rings (SSSR count). The highest BCUT2D eigenvalue weighted by atomic mass is 16.5. The first-order valence-electron chi connectivity index (χ1n) is 10.0. The van der Waals surface area contributed by atoms with Crippen molar-refractivity contribution in [2.45, 2.75) is 43.8 Å². The summed E-state index contributed by atoms with van der Waals surface area (Å²) in [6, 6.07) is 16.6. The van der Waals surface area contributed by atoms with Gasteiger partial charge in [0.15, 0.2) is 11.5 Å². The summed E-state index contributed by atoms with van der Waals surface area (Å²) in [4.78, 5) is 11.3. The molecule has 0 aromatic heterocycles. The summed E-state index contributed by atoms with van der Waals surface area (Å²) in [5.41, 5.74) is 2.42. The van der Waals surface area contributed by atoms with E-state index in [2.05, 4.69) is 35.6 Å². The predicted molar refractivity (Wildman–Crippen MR) is 107 cm³/mol. The molecule has 2 aromatic rings. The highest BCUT2D eigenvalue weighted by Gasteiger charge is 2.26. The van der Waals surface area contributed by atoms with E-state index in [1.807, 2.05) is 18.2 Å². The van der Waals surface area contributed by atoms with Crippen LogP contribution in [0.2, 0.25) is 0 Å². The topological polar surface area (TPSA) is 56.8 Å². The number of nitrogens with one attached hydrogen (secondary N) is 1. The van der Waals surface area contributed by atoms with Crippen molar-refractivity contribution < 1.29 is 19.0 Å². The Morgan fingerprint density at radius 3 is 2.43 bits per heavy atom. The molecule has 2 fully saturated rings. The molecule has 1 atom stereocenters. The van der Waals surface area contributed by atoms with Crippen molar-refractivity contribution in [3.8, 4) is 11.5 Å². The van der Waals surface area contributed by atoms with Crippen molar-refractivity contribution in [3.05, 3.63) is 59.7 Å². The Bertz CT molecular complexity index is 790. The lowest BCUT2D eigenvalue weighted by Gasteiger charge is -2.30. The molecule has 0 bridgehead atoms. The second-order valence-electron chi connectivity index (χ2n) is 7.52. The van der Waals surface area contributed by atoms with Gasteiger partial charge in [-0.2, -0.15) is 0 Å². The van der Waals surface area contributed by atoms with Crippen LogP contribution in [0, 0.1) is 0 Å². The summed E-state index contributed by atoms with van der Waals surface area (Å²) < 4.78 is 17.5. The van der Waals surface area contributed by atoms with E-state index in [1.54, 1.807) is 7.11 Å². The highest BCUT2D eigenvalue weighted by molar-refractivity contribution is 5.77. The number of carbonyl (C=O) groups excluding carboxylic acids is 1. The zero-order valence-corrected chi connectivity index (χ0v) is 16.2. The molecule has 1 aliphatic heterocycles. The molecule has 5 heteroatoms. The van der Waals surface area contributed by atoms with Gasteiger partial charge in [-0.25, -0.2) is 0 Å². The number of benzene rings is 2. The Labute approximate surface area is 166 Å². The van der Waals surface area contributed by atoms with Crippen LogP contribution < -0.4 is 14.8 Å². The zero-order valence-electron chi connectivity index (χ0n) is 16.2. The number of carbonyl (C=O) groups is 1. The van der Waals surface area contributed by atoms with Gasteiger partial charge >= 0.3 is 0 Å². The van der Waals surface area contributed by atoms with Crippen LogP contribution >= 0.6 is 0 Å². The molecule has 0 radical (unpaired) electrons. The molecule has 28 heavy (non-hydrogen) atoms. The van der Waals surface area contributed by atoms with Crippen molar-refractivity contribution in [1.82, 2.24) is 5.32 Å². The molecule has 1 saturated carbocycles. The standard InChI is InChI=1S/C23H27NO4/c1-26-20-12-9-18(22-14-24-23(25)15-27-22)13-21(20)28-19-10-7-17(8-11-19)16-5-3-2-4-6-16/h2-6,9,12-13,17,19,22H,7-8,10-11,14-15H2,1H3,(H,24,25)/t17-,19-,22?. The minimum Gasteiger partial charge on any atom is -0.493 e. The molecule has 1 amide bonds. The minimum absolute atomic E-state index is 0.0728. The van der Waals surface area contributed by atoms with Gasteiger partial charge < -0.3 is 19.5 Å². The van der Waals surface area contributed by atoms with Crippen molar-refractivity contribution in [3.63, 3.8) is 0 Å². The third-order valence-corrected chi connectivity index (χ3v) is 5.70. The van der Waals surface area contributed by atoms with E-state index in [1.165, 1.54) is 5.56 Å². The second kappa shape index (κ2) is 8.65. The molecular formula is C23H27NO4. The molecule has 148 valence electrons. The van der Waals surface area contributed by atoms with Gasteiger partial charge in [0.2, 0.25) is 5.91 Å². The first-order chi connectivity index (χ1) is 13.7. The molecular weight excluding hydrogens is 354 g/mol. The molecule has 5 nitrogen and oxygen atoms in total. The summed E-state index contributed by atoms with van der Waals surface area (Å²) in [6.07, 6.45) is 4.37. The van der Waals surface area contributed by atoms with E-state index in [9.17, 15) is 4.79 Å². The molecule has 1 aliphatic carbocycles. The van der Waals surface area contributed by atoms with E-state index in [0.29, 0.717) is 12.5 Å². The summed E-state index contributed by atoms with van der Waals surface area (Å²) in [5.74, 6) is 2.03. The first-order valence-corrected chi connectivity index (χ1v) is 10.0. The van der Waals surface area contributed by atoms with Gasteiger partial charge in [0.05, 0.1) is 13.2 Å². The molecule has 1 unspecified atom stereocenters. The Balaban J connectivity index is 1.41. The summed E-state index contributed by atoms with van der Waals surface area (Å²) in [7, 11) is 1.66. The van der Waals surface area contributed by atoms with E-state index >= 15 is 0 Å². The van der Waals surface area contributed by atoms with Crippen LogP contribution in [-0.4, -0.2) is 32.3 Å². The van der Waals surface area contributed by atoms with Gasteiger partial charge in [-0.05, 0) is 54.9 Å². The van der Waals surface area contributed by atoms with Crippen molar-refractivity contribution in [2.24, 2.45) is 0 Å². The SMILES string of the molecule is COc1ccc(C2CNC(=O)CO2)cc1O[C@H]1CC[C@H](c2ccccc2)CC1. The number of hydrogen-bond donors (Lipinski definition) is 1. The van der Waals surface area contributed by atoms with Crippen LogP contribution in [0.15, 0.2) is 48.5 Å². The van der Waals surface area contributed by atoms with Gasteiger partial charge in [0, 0.05) is 6.54 Å². The summed E-state index contributed by atoms with van der Waals surface area (Å²) >= 11 is 0. The number of amides is 1. The third kappa shape index (κ3) is 4.30. The molecule has 1 N–H and O–H groups in total. The number of rotatable bonds is 5. The van der Waals surface area contributed by atoms with Crippen LogP contribution in [0.3, 0.4) is 0 Å². The molecule has 2 aliphatic rings. The molecule has 0 spiro atoms. The van der Waals surface area contributed by atoms with E-state index in [0.717, 1.165) is 42.7 Å². The Morgan fingerprint density at radius 1 is 0.964 bits per heavy atom. The lowest BCUT2D eigenvalue weighted by molar-refractivity contribution is -0.133. The predicted octanol–water partition coefficient (Wildman–Crippen LogP) is 3.99. The summed E-state index contributed by atoms with van der Waals surface area (Å²) in [6.45, 7) is 0.573. The fourth-order valence-electron chi connectivity index (χ4n) is 4.11. The van der Waals surface area contributed by atoms with Crippen LogP contribution in [-0.2, 0) is 9.53 Å². The van der Waals surface area contributed by atoms with Gasteiger partial charge in [-0.3, -0.25) is 4.79 Å². The van der Waals surface area contributed by atoms with E-state index in [-0.39, 0.29) is 24.7 Å². The number of methoxy groups -OCH3 is 1. The second-order valence-corrected chi connectivity index (χ2v) is 7.52. The largest absolute Gasteiger partial charge is 0.493 e. The van der Waals surface area contributed by atoms with Crippen LogP contribution in [0.5, 0.6) is 11.5 Å². The zero-order chi connectivity index (χ0) is 19.3. The quantitative estimate of drug-likeness (QED) is 0.851. The van der Waals surface area contributed by atoms with E-state index < -0.39 is 0 Å². The number of hydrogen-bond acceptors (Lipinski definition) is 4. The third-order valence-electron chi connectivity index (χ3n) is 5.70. The average molecular weight is 381 g/mol. The smallest absolute Gasteiger partial charge is 0.246 e. The molecule has 1 heterocycles. The summed E-state index contributed by atoms with van der Waals surface area (Å²) in [5, 5.41) is 2.84. The van der Waals surface area contributed by atoms with Gasteiger partial charge in [-0.1, -0.05) is 36.4 Å². The van der Waals surface area contributed by atoms with Crippen LogP contribution in [0.25, 0.3) is 0 Å². The van der Waals surface area contributed by atoms with Crippen molar-refractivity contribution >= 4 is 5.91 Å².